The maximum atomic E-state index is 4.49. The van der Waals surface area contributed by atoms with Gasteiger partial charge in [-0.05, 0) is 17.5 Å². The molecule has 0 saturated heterocycles. The Labute approximate surface area is 109 Å². The Kier molecular flexibility index (Phi) is 2.82. The van der Waals surface area contributed by atoms with Gasteiger partial charge < -0.3 is 5.32 Å². The second-order valence-corrected chi connectivity index (χ2v) is 4.63. The third-order valence-corrected chi connectivity index (χ3v) is 3.46. The van der Waals surface area contributed by atoms with Crippen LogP contribution in [0.1, 0.15) is 0 Å². The van der Waals surface area contributed by atoms with E-state index in [2.05, 4.69) is 43.4 Å². The first kappa shape index (κ1) is 11.0. The lowest BCUT2D eigenvalue weighted by Crippen LogP contribution is -1.91. The molecule has 0 atom stereocenters. The second-order valence-electron chi connectivity index (χ2n) is 3.85. The molecule has 3 aromatic heterocycles. The number of thiophene rings is 1. The largest absolute Gasteiger partial charge is 0.373 e. The fourth-order valence-corrected chi connectivity index (χ4v) is 2.48. The van der Waals surface area contributed by atoms with E-state index in [1.54, 1.807) is 17.5 Å². The number of H-pyrrole nitrogens is 1. The number of nitrogens with zero attached hydrogens (tertiary/aromatic N) is 2. The summed E-state index contributed by atoms with van der Waals surface area (Å²) in [5.41, 5.74) is 4.23. The molecule has 3 heterocycles. The second kappa shape index (κ2) is 4.62. The van der Waals surface area contributed by atoms with Gasteiger partial charge in [-0.25, -0.2) is 0 Å². The summed E-state index contributed by atoms with van der Waals surface area (Å²) < 4.78 is 0. The average Bonchev–Trinajstić information content (AvgIpc) is 3.10. The zero-order valence-corrected chi connectivity index (χ0v) is 10.7. The van der Waals surface area contributed by atoms with Crippen molar-refractivity contribution in [3.05, 3.63) is 41.4 Å². The van der Waals surface area contributed by atoms with Gasteiger partial charge in [0.1, 0.15) is 5.82 Å². The number of rotatable bonds is 3. The van der Waals surface area contributed by atoms with Gasteiger partial charge in [0, 0.05) is 35.3 Å². The zero-order chi connectivity index (χ0) is 12.4. The quantitative estimate of drug-likeness (QED) is 0.756. The summed E-state index contributed by atoms with van der Waals surface area (Å²) in [7, 11) is 1.87. The van der Waals surface area contributed by atoms with E-state index in [9.17, 15) is 0 Å². The van der Waals surface area contributed by atoms with Gasteiger partial charge in [-0.1, -0.05) is 6.07 Å². The van der Waals surface area contributed by atoms with Gasteiger partial charge in [0.05, 0.1) is 11.9 Å². The van der Waals surface area contributed by atoms with Gasteiger partial charge >= 0.3 is 0 Å². The SMILES string of the molecule is CNc1[nH]ncc1-c1ccc(-c2ccsc2)nc1. The van der Waals surface area contributed by atoms with Gasteiger partial charge in [0.2, 0.25) is 0 Å². The third-order valence-electron chi connectivity index (χ3n) is 2.78. The minimum atomic E-state index is 0.903. The Hall–Kier alpha value is -2.14. The van der Waals surface area contributed by atoms with Crippen molar-refractivity contribution in [1.29, 1.82) is 0 Å². The highest BCUT2D eigenvalue weighted by atomic mass is 32.1. The molecule has 0 spiro atoms. The lowest BCUT2D eigenvalue weighted by Gasteiger charge is -2.03. The first-order chi connectivity index (χ1) is 8.88. The van der Waals surface area contributed by atoms with Crippen LogP contribution in [0.3, 0.4) is 0 Å². The van der Waals surface area contributed by atoms with Gasteiger partial charge in [0.25, 0.3) is 0 Å². The molecular weight excluding hydrogens is 244 g/mol. The molecule has 90 valence electrons. The van der Waals surface area contributed by atoms with E-state index in [4.69, 9.17) is 0 Å². The molecule has 4 nitrogen and oxygen atoms in total. The summed E-state index contributed by atoms with van der Waals surface area (Å²) in [6.45, 7) is 0. The molecule has 0 aliphatic rings. The molecule has 0 radical (unpaired) electrons. The summed E-state index contributed by atoms with van der Waals surface area (Å²) in [5.74, 6) is 0.903. The van der Waals surface area contributed by atoms with Crippen LogP contribution in [0.5, 0.6) is 0 Å². The molecule has 18 heavy (non-hydrogen) atoms. The molecule has 2 N–H and O–H groups in total. The molecule has 3 rings (SSSR count). The molecular formula is C13H12N4S. The summed E-state index contributed by atoms with van der Waals surface area (Å²) in [5, 5.41) is 14.2. The fourth-order valence-electron chi connectivity index (χ4n) is 1.83. The van der Waals surface area contributed by atoms with Gasteiger partial charge in [-0.2, -0.15) is 16.4 Å². The van der Waals surface area contributed by atoms with Crippen molar-refractivity contribution >= 4 is 17.2 Å². The third kappa shape index (κ3) is 1.89. The van der Waals surface area contributed by atoms with Crippen LogP contribution in [0.4, 0.5) is 5.82 Å². The van der Waals surface area contributed by atoms with E-state index in [0.29, 0.717) is 0 Å². The molecule has 0 unspecified atom stereocenters. The van der Waals surface area contributed by atoms with E-state index in [1.807, 2.05) is 19.3 Å². The Morgan fingerprint density at radius 1 is 1.17 bits per heavy atom. The maximum absolute atomic E-state index is 4.49. The lowest BCUT2D eigenvalue weighted by atomic mass is 10.1. The zero-order valence-electron chi connectivity index (χ0n) is 9.84. The normalized spacial score (nSPS) is 10.5. The molecule has 5 heteroatoms. The Bertz CT molecular complexity index is 625. The highest BCUT2D eigenvalue weighted by Gasteiger charge is 2.07. The molecule has 0 saturated carbocycles. The summed E-state index contributed by atoms with van der Waals surface area (Å²) in [6, 6.07) is 6.17. The van der Waals surface area contributed by atoms with E-state index < -0.39 is 0 Å². The number of anilines is 1. The van der Waals surface area contributed by atoms with Gasteiger partial charge in [-0.15, -0.1) is 0 Å². The van der Waals surface area contributed by atoms with Crippen molar-refractivity contribution in [2.45, 2.75) is 0 Å². The van der Waals surface area contributed by atoms with Crippen LogP contribution in [0.25, 0.3) is 22.4 Å². The molecule has 0 aromatic carbocycles. The van der Waals surface area contributed by atoms with E-state index >= 15 is 0 Å². The van der Waals surface area contributed by atoms with E-state index in [-0.39, 0.29) is 0 Å². The standard InChI is InChI=1S/C13H12N4S/c1-14-13-11(7-16-17-13)9-2-3-12(15-6-9)10-4-5-18-8-10/h2-8H,1H3,(H2,14,16,17). The molecule has 0 fully saturated rings. The van der Waals surface area contributed by atoms with Crippen molar-refractivity contribution < 1.29 is 0 Å². The molecule has 0 amide bonds. The van der Waals surface area contributed by atoms with Crippen LogP contribution in [-0.2, 0) is 0 Å². The van der Waals surface area contributed by atoms with Crippen molar-refractivity contribution in [2.24, 2.45) is 0 Å². The number of aromatic amines is 1. The highest BCUT2D eigenvalue weighted by molar-refractivity contribution is 7.08. The van der Waals surface area contributed by atoms with Crippen molar-refractivity contribution in [1.82, 2.24) is 15.2 Å². The Balaban J connectivity index is 1.96. The molecule has 3 aromatic rings. The van der Waals surface area contributed by atoms with Crippen molar-refractivity contribution in [2.75, 3.05) is 12.4 Å². The number of hydrogen-bond acceptors (Lipinski definition) is 4. The summed E-state index contributed by atoms with van der Waals surface area (Å²) in [4.78, 5) is 4.49. The number of hydrogen-bond donors (Lipinski definition) is 2. The summed E-state index contributed by atoms with van der Waals surface area (Å²) in [6.07, 6.45) is 3.67. The first-order valence-corrected chi connectivity index (χ1v) is 6.53. The summed E-state index contributed by atoms with van der Waals surface area (Å²) >= 11 is 1.68. The number of nitrogens with one attached hydrogen (secondary N) is 2. The highest BCUT2D eigenvalue weighted by Crippen LogP contribution is 2.27. The van der Waals surface area contributed by atoms with Gasteiger partial charge in [-0.3, -0.25) is 10.1 Å². The number of pyridine rings is 1. The van der Waals surface area contributed by atoms with Gasteiger partial charge in [0.15, 0.2) is 0 Å². The minimum absolute atomic E-state index is 0.903. The predicted octanol–water partition coefficient (Wildman–Crippen LogP) is 3.24. The van der Waals surface area contributed by atoms with E-state index in [1.165, 1.54) is 0 Å². The van der Waals surface area contributed by atoms with Crippen LogP contribution in [0.2, 0.25) is 0 Å². The van der Waals surface area contributed by atoms with E-state index in [0.717, 1.165) is 28.2 Å². The maximum Gasteiger partial charge on any atom is 0.129 e. The molecule has 0 aliphatic heterocycles. The Morgan fingerprint density at radius 3 is 2.78 bits per heavy atom. The topological polar surface area (TPSA) is 53.6 Å². The minimum Gasteiger partial charge on any atom is -0.373 e. The van der Waals surface area contributed by atoms with Crippen LogP contribution >= 0.6 is 11.3 Å². The van der Waals surface area contributed by atoms with Crippen LogP contribution in [0.15, 0.2) is 41.4 Å². The monoisotopic (exact) mass is 256 g/mol. The van der Waals surface area contributed by atoms with Crippen molar-refractivity contribution in [3.63, 3.8) is 0 Å². The van der Waals surface area contributed by atoms with Crippen LogP contribution < -0.4 is 5.32 Å². The van der Waals surface area contributed by atoms with Crippen LogP contribution in [0, 0.1) is 0 Å². The fraction of sp³-hybridized carbons (Fsp3) is 0.0769. The smallest absolute Gasteiger partial charge is 0.129 e. The molecule has 0 bridgehead atoms. The number of aromatic nitrogens is 3. The van der Waals surface area contributed by atoms with Crippen LogP contribution in [-0.4, -0.2) is 22.2 Å². The average molecular weight is 256 g/mol. The first-order valence-electron chi connectivity index (χ1n) is 5.58. The lowest BCUT2D eigenvalue weighted by molar-refractivity contribution is 1.09. The Morgan fingerprint density at radius 2 is 2.11 bits per heavy atom. The predicted molar refractivity (Wildman–Crippen MR) is 74.7 cm³/mol. The molecule has 0 aliphatic carbocycles. The van der Waals surface area contributed by atoms with Crippen molar-refractivity contribution in [3.8, 4) is 22.4 Å².